The lowest BCUT2D eigenvalue weighted by molar-refractivity contribution is 0.0495. The van der Waals surface area contributed by atoms with Gasteiger partial charge in [-0.25, -0.2) is 4.79 Å². The second kappa shape index (κ2) is 10.6. The molecule has 0 aliphatic rings. The van der Waals surface area contributed by atoms with Crippen LogP contribution in [0.15, 0.2) is 36.4 Å². The highest BCUT2D eigenvalue weighted by Gasteiger charge is 2.23. The summed E-state index contributed by atoms with van der Waals surface area (Å²) in [5, 5.41) is 10.6. The summed E-state index contributed by atoms with van der Waals surface area (Å²) in [5.74, 6) is -0.858. The predicted molar refractivity (Wildman–Crippen MR) is 111 cm³/mol. The molecule has 0 unspecified atom stereocenters. The molecule has 0 spiro atoms. The second-order valence-electron chi connectivity index (χ2n) is 6.88. The van der Waals surface area contributed by atoms with Gasteiger partial charge in [0.25, 0.3) is 0 Å². The Morgan fingerprint density at radius 3 is 2.21 bits per heavy atom. The fraction of sp³-hybridized carbons (Fsp3) is 0.417. The maximum atomic E-state index is 13.1. The van der Waals surface area contributed by atoms with Gasteiger partial charge < -0.3 is 9.84 Å². The van der Waals surface area contributed by atoms with Crippen molar-refractivity contribution in [2.75, 3.05) is 6.61 Å². The molecule has 0 aliphatic carbocycles. The lowest BCUT2D eigenvalue weighted by Crippen LogP contribution is -2.14. The molecule has 2 aromatic carbocycles. The third-order valence-electron chi connectivity index (χ3n) is 4.98. The van der Waals surface area contributed by atoms with Crippen LogP contribution in [0.25, 0.3) is 0 Å². The molecular formula is C24H30O4. The molecule has 2 rings (SSSR count). The topological polar surface area (TPSA) is 63.6 Å². The van der Waals surface area contributed by atoms with E-state index in [1.165, 1.54) is 0 Å². The number of ether oxygens (including phenoxy) is 1. The average molecular weight is 383 g/mol. The molecule has 0 saturated carbocycles. The van der Waals surface area contributed by atoms with E-state index in [9.17, 15) is 14.7 Å². The highest BCUT2D eigenvalue weighted by Crippen LogP contribution is 2.30. The average Bonchev–Trinajstić information content (AvgIpc) is 2.72. The Labute approximate surface area is 167 Å². The van der Waals surface area contributed by atoms with Crippen LogP contribution in [0.3, 0.4) is 0 Å². The minimum atomic E-state index is -0.499. The van der Waals surface area contributed by atoms with Gasteiger partial charge in [0.15, 0.2) is 5.78 Å². The van der Waals surface area contributed by atoms with Gasteiger partial charge >= 0.3 is 5.97 Å². The fourth-order valence-electron chi connectivity index (χ4n) is 3.36. The van der Waals surface area contributed by atoms with Crippen LogP contribution in [-0.4, -0.2) is 23.5 Å². The van der Waals surface area contributed by atoms with E-state index in [0.717, 1.165) is 43.2 Å². The quantitative estimate of drug-likeness (QED) is 0.335. The van der Waals surface area contributed by atoms with Gasteiger partial charge in [-0.1, -0.05) is 64.3 Å². The van der Waals surface area contributed by atoms with Crippen LogP contribution in [-0.2, 0) is 17.6 Å². The lowest BCUT2D eigenvalue weighted by atomic mass is 9.92. The number of phenolic OH excluding ortho intramolecular Hbond substituents is 1. The maximum absolute atomic E-state index is 13.1. The normalized spacial score (nSPS) is 10.7. The minimum absolute atomic E-state index is 0.00888. The maximum Gasteiger partial charge on any atom is 0.338 e. The number of benzene rings is 2. The summed E-state index contributed by atoms with van der Waals surface area (Å²) in [6, 6.07) is 10.1. The molecular weight excluding hydrogens is 352 g/mol. The van der Waals surface area contributed by atoms with E-state index in [4.69, 9.17) is 4.74 Å². The molecule has 2 aromatic rings. The van der Waals surface area contributed by atoms with E-state index in [1.807, 2.05) is 19.9 Å². The molecule has 0 heterocycles. The summed E-state index contributed by atoms with van der Waals surface area (Å²) in [6.45, 7) is 6.44. The van der Waals surface area contributed by atoms with Gasteiger partial charge in [0, 0.05) is 5.56 Å². The van der Waals surface area contributed by atoms with Gasteiger partial charge in [0.2, 0.25) is 0 Å². The molecule has 150 valence electrons. The fourth-order valence-corrected chi connectivity index (χ4v) is 3.36. The molecule has 4 nitrogen and oxygen atoms in total. The Kier molecular flexibility index (Phi) is 8.24. The monoisotopic (exact) mass is 382 g/mol. The summed E-state index contributed by atoms with van der Waals surface area (Å²) in [6.07, 6.45) is 5.48. The molecule has 0 bridgehead atoms. The van der Waals surface area contributed by atoms with Gasteiger partial charge in [-0.3, -0.25) is 4.79 Å². The van der Waals surface area contributed by atoms with Crippen molar-refractivity contribution in [1.82, 2.24) is 0 Å². The highest BCUT2D eigenvalue weighted by atomic mass is 16.5. The van der Waals surface area contributed by atoms with E-state index in [-0.39, 0.29) is 28.2 Å². The molecule has 0 amide bonds. The van der Waals surface area contributed by atoms with Crippen molar-refractivity contribution >= 4 is 11.8 Å². The number of aryl methyl sites for hydroxylation is 1. The second-order valence-corrected chi connectivity index (χ2v) is 6.88. The van der Waals surface area contributed by atoms with E-state index < -0.39 is 5.97 Å². The number of phenols is 1. The van der Waals surface area contributed by atoms with Crippen molar-refractivity contribution in [2.24, 2.45) is 0 Å². The number of carbonyl (C=O) groups excluding carboxylic acids is 2. The van der Waals surface area contributed by atoms with Crippen molar-refractivity contribution in [1.29, 1.82) is 0 Å². The van der Waals surface area contributed by atoms with Crippen molar-refractivity contribution in [2.45, 2.75) is 59.3 Å². The number of hydrogen-bond donors (Lipinski definition) is 1. The van der Waals surface area contributed by atoms with Crippen molar-refractivity contribution in [3.63, 3.8) is 0 Å². The van der Waals surface area contributed by atoms with Gasteiger partial charge in [0.05, 0.1) is 17.7 Å². The van der Waals surface area contributed by atoms with Crippen LogP contribution in [0, 0.1) is 0 Å². The molecule has 0 radical (unpaired) electrons. The molecule has 0 atom stereocenters. The Morgan fingerprint density at radius 2 is 1.57 bits per heavy atom. The van der Waals surface area contributed by atoms with E-state index in [1.54, 1.807) is 30.3 Å². The molecule has 28 heavy (non-hydrogen) atoms. The van der Waals surface area contributed by atoms with Crippen LogP contribution in [0.2, 0.25) is 0 Å². The van der Waals surface area contributed by atoms with Crippen molar-refractivity contribution < 1.29 is 19.4 Å². The van der Waals surface area contributed by atoms with Gasteiger partial charge in [-0.05, 0) is 42.5 Å². The zero-order valence-electron chi connectivity index (χ0n) is 17.1. The Hall–Kier alpha value is -2.62. The summed E-state index contributed by atoms with van der Waals surface area (Å²) >= 11 is 0. The highest BCUT2D eigenvalue weighted by molar-refractivity contribution is 6.15. The van der Waals surface area contributed by atoms with Gasteiger partial charge in [0.1, 0.15) is 5.75 Å². The summed E-state index contributed by atoms with van der Waals surface area (Å²) < 4.78 is 5.36. The summed E-state index contributed by atoms with van der Waals surface area (Å²) in [7, 11) is 0. The lowest BCUT2D eigenvalue weighted by Gasteiger charge is -2.14. The Morgan fingerprint density at radius 1 is 0.857 bits per heavy atom. The predicted octanol–water partition coefficient (Wildman–Crippen LogP) is 5.49. The van der Waals surface area contributed by atoms with Crippen LogP contribution >= 0.6 is 0 Å². The Bertz CT molecular complexity index is 823. The van der Waals surface area contributed by atoms with Crippen LogP contribution in [0.4, 0.5) is 0 Å². The van der Waals surface area contributed by atoms with E-state index in [0.29, 0.717) is 13.0 Å². The van der Waals surface area contributed by atoms with Crippen LogP contribution in [0.5, 0.6) is 5.75 Å². The zero-order chi connectivity index (χ0) is 20.5. The molecule has 0 fully saturated rings. The van der Waals surface area contributed by atoms with Crippen LogP contribution in [0.1, 0.15) is 83.9 Å². The van der Waals surface area contributed by atoms with Crippen molar-refractivity contribution in [3.05, 3.63) is 64.2 Å². The van der Waals surface area contributed by atoms with Crippen LogP contribution < -0.4 is 0 Å². The third-order valence-corrected chi connectivity index (χ3v) is 4.98. The molecule has 1 N–H and O–H groups in total. The zero-order valence-corrected chi connectivity index (χ0v) is 17.1. The standard InChI is InChI=1S/C24H30O4/c1-4-7-8-11-16-28-24(27)20-13-10-9-12-19(20)23(26)21-15-14-17(5-2)18(6-3)22(21)25/h9-10,12-15,25H,4-8,11,16H2,1-3H3. The molecule has 0 aromatic heterocycles. The third kappa shape index (κ3) is 5.00. The smallest absolute Gasteiger partial charge is 0.338 e. The molecule has 0 saturated heterocycles. The molecule has 4 heteroatoms. The SMILES string of the molecule is CCCCCCOC(=O)c1ccccc1C(=O)c1ccc(CC)c(CC)c1O. The number of aromatic hydroxyl groups is 1. The summed E-state index contributed by atoms with van der Waals surface area (Å²) in [5.41, 5.74) is 2.51. The number of esters is 1. The first-order chi connectivity index (χ1) is 13.5. The van der Waals surface area contributed by atoms with Crippen molar-refractivity contribution in [3.8, 4) is 5.75 Å². The first-order valence-electron chi connectivity index (χ1n) is 10.2. The Balaban J connectivity index is 2.27. The molecule has 0 aliphatic heterocycles. The van der Waals surface area contributed by atoms with E-state index >= 15 is 0 Å². The minimum Gasteiger partial charge on any atom is -0.507 e. The van der Waals surface area contributed by atoms with Gasteiger partial charge in [-0.2, -0.15) is 0 Å². The van der Waals surface area contributed by atoms with E-state index in [2.05, 4.69) is 6.92 Å². The number of carbonyl (C=O) groups is 2. The summed E-state index contributed by atoms with van der Waals surface area (Å²) in [4.78, 5) is 25.6. The number of unbranched alkanes of at least 4 members (excludes halogenated alkanes) is 3. The number of ketones is 1. The first kappa shape index (κ1) is 21.7. The number of rotatable bonds is 10. The first-order valence-corrected chi connectivity index (χ1v) is 10.2. The largest absolute Gasteiger partial charge is 0.507 e. The van der Waals surface area contributed by atoms with Gasteiger partial charge in [-0.15, -0.1) is 0 Å². The number of hydrogen-bond acceptors (Lipinski definition) is 4.